The van der Waals surface area contributed by atoms with Gasteiger partial charge >= 0.3 is 0 Å². The first kappa shape index (κ1) is 10.2. The van der Waals surface area contributed by atoms with Crippen molar-refractivity contribution in [2.75, 3.05) is 0 Å². The van der Waals surface area contributed by atoms with Crippen LogP contribution in [0.2, 0.25) is 0 Å². The Morgan fingerprint density at radius 3 is 2.71 bits per heavy atom. The van der Waals surface area contributed by atoms with Crippen LogP contribution < -0.4 is 0 Å². The fourth-order valence-electron chi connectivity index (χ4n) is 2.43. The Morgan fingerprint density at radius 1 is 1.43 bits per heavy atom. The second-order valence-electron chi connectivity index (χ2n) is 5.09. The second-order valence-corrected chi connectivity index (χ2v) is 5.09. The minimum absolute atomic E-state index is 0.270. The van der Waals surface area contributed by atoms with Gasteiger partial charge in [0, 0.05) is 0 Å². The molecular weight excluding hydrogens is 176 g/mol. The molecule has 0 bridgehead atoms. The second kappa shape index (κ2) is 3.67. The van der Waals surface area contributed by atoms with Gasteiger partial charge in [-0.3, -0.25) is 0 Å². The molecular formula is C12H20O2. The minimum Gasteiger partial charge on any atom is -0.390 e. The van der Waals surface area contributed by atoms with Gasteiger partial charge in [0.1, 0.15) is 0 Å². The van der Waals surface area contributed by atoms with Crippen molar-refractivity contribution < 1.29 is 10.2 Å². The smallest absolute Gasteiger partial charge is 0.0723 e. The molecule has 2 heteroatoms. The van der Waals surface area contributed by atoms with E-state index in [1.807, 2.05) is 13.0 Å². The van der Waals surface area contributed by atoms with Crippen LogP contribution >= 0.6 is 0 Å². The molecule has 0 aliphatic heterocycles. The summed E-state index contributed by atoms with van der Waals surface area (Å²) in [5.74, 6) is 0.502. The van der Waals surface area contributed by atoms with E-state index in [2.05, 4.69) is 0 Å². The van der Waals surface area contributed by atoms with E-state index >= 15 is 0 Å². The van der Waals surface area contributed by atoms with Gasteiger partial charge in [-0.15, -0.1) is 0 Å². The molecule has 2 rings (SSSR count). The van der Waals surface area contributed by atoms with Crippen molar-refractivity contribution in [1.82, 2.24) is 0 Å². The zero-order chi connectivity index (χ0) is 10.2. The Labute approximate surface area is 85.6 Å². The average molecular weight is 196 g/mol. The van der Waals surface area contributed by atoms with Crippen LogP contribution in [-0.2, 0) is 0 Å². The van der Waals surface area contributed by atoms with E-state index in [-0.39, 0.29) is 6.10 Å². The van der Waals surface area contributed by atoms with Crippen molar-refractivity contribution in [2.45, 2.75) is 57.2 Å². The molecule has 2 nitrogen and oxygen atoms in total. The summed E-state index contributed by atoms with van der Waals surface area (Å²) in [6.07, 6.45) is 7.78. The Kier molecular flexibility index (Phi) is 2.67. The van der Waals surface area contributed by atoms with Crippen molar-refractivity contribution in [1.29, 1.82) is 0 Å². The topological polar surface area (TPSA) is 40.5 Å². The van der Waals surface area contributed by atoms with Crippen molar-refractivity contribution >= 4 is 0 Å². The summed E-state index contributed by atoms with van der Waals surface area (Å²) >= 11 is 0. The number of aliphatic hydroxyl groups is 2. The summed E-state index contributed by atoms with van der Waals surface area (Å²) in [6, 6.07) is 0. The predicted octanol–water partition coefficient (Wildman–Crippen LogP) is 2.01. The fourth-order valence-corrected chi connectivity index (χ4v) is 2.43. The van der Waals surface area contributed by atoms with Crippen LogP contribution in [0.25, 0.3) is 0 Å². The van der Waals surface area contributed by atoms with Gasteiger partial charge in [0.2, 0.25) is 0 Å². The van der Waals surface area contributed by atoms with Crippen molar-refractivity contribution in [3.63, 3.8) is 0 Å². The zero-order valence-corrected chi connectivity index (χ0v) is 8.87. The lowest BCUT2D eigenvalue weighted by Crippen LogP contribution is -2.28. The Hall–Kier alpha value is -0.340. The normalized spacial score (nSPS) is 32.2. The van der Waals surface area contributed by atoms with Crippen LogP contribution in [0.3, 0.4) is 0 Å². The molecule has 2 unspecified atom stereocenters. The molecule has 0 heterocycles. The largest absolute Gasteiger partial charge is 0.390 e. The summed E-state index contributed by atoms with van der Waals surface area (Å²) in [6.45, 7) is 1.94. The number of rotatable bonds is 3. The van der Waals surface area contributed by atoms with Crippen molar-refractivity contribution in [3.8, 4) is 0 Å². The molecule has 1 fully saturated rings. The summed E-state index contributed by atoms with van der Waals surface area (Å²) in [4.78, 5) is 0. The van der Waals surface area contributed by atoms with Crippen LogP contribution in [0.15, 0.2) is 11.6 Å². The molecule has 2 aliphatic rings. The Morgan fingerprint density at radius 2 is 2.14 bits per heavy atom. The molecule has 2 atom stereocenters. The summed E-state index contributed by atoms with van der Waals surface area (Å²) in [5, 5.41) is 19.6. The molecule has 2 aliphatic carbocycles. The highest BCUT2D eigenvalue weighted by Gasteiger charge is 2.40. The molecule has 1 saturated carbocycles. The first-order valence-electron chi connectivity index (χ1n) is 5.68. The maximum absolute atomic E-state index is 10.2. The third-order valence-electron chi connectivity index (χ3n) is 3.47. The standard InChI is InChI=1S/C12H20O2/c1-12(14,10-5-6-10)8-9-3-2-4-11(13)7-9/h7,10-11,13-14H,2-6,8H2,1H3. The third kappa shape index (κ3) is 2.37. The van der Waals surface area contributed by atoms with E-state index in [9.17, 15) is 10.2 Å². The third-order valence-corrected chi connectivity index (χ3v) is 3.47. The van der Waals surface area contributed by atoms with Crippen molar-refractivity contribution in [2.24, 2.45) is 5.92 Å². The van der Waals surface area contributed by atoms with E-state index in [0.29, 0.717) is 5.92 Å². The van der Waals surface area contributed by atoms with Gasteiger partial charge in [-0.1, -0.05) is 11.6 Å². The zero-order valence-electron chi connectivity index (χ0n) is 8.87. The van der Waals surface area contributed by atoms with Crippen molar-refractivity contribution in [3.05, 3.63) is 11.6 Å². The SMILES string of the molecule is CC(O)(CC1=CC(O)CCC1)C1CC1. The van der Waals surface area contributed by atoms with E-state index in [0.717, 1.165) is 25.7 Å². The minimum atomic E-state index is -0.525. The van der Waals surface area contributed by atoms with Crippen LogP contribution in [0.5, 0.6) is 0 Å². The monoisotopic (exact) mass is 196 g/mol. The van der Waals surface area contributed by atoms with Crippen LogP contribution in [-0.4, -0.2) is 21.9 Å². The molecule has 0 spiro atoms. The lowest BCUT2D eigenvalue weighted by atomic mass is 9.86. The molecule has 0 aromatic heterocycles. The van der Waals surface area contributed by atoms with Gasteiger partial charge in [-0.05, 0) is 51.4 Å². The highest BCUT2D eigenvalue weighted by Crippen LogP contribution is 2.43. The quantitative estimate of drug-likeness (QED) is 0.678. The fraction of sp³-hybridized carbons (Fsp3) is 0.833. The maximum atomic E-state index is 10.2. The maximum Gasteiger partial charge on any atom is 0.0723 e. The van der Waals surface area contributed by atoms with Gasteiger partial charge in [0.25, 0.3) is 0 Å². The van der Waals surface area contributed by atoms with Gasteiger partial charge < -0.3 is 10.2 Å². The lowest BCUT2D eigenvalue weighted by molar-refractivity contribution is 0.0354. The lowest BCUT2D eigenvalue weighted by Gasteiger charge is -2.27. The van der Waals surface area contributed by atoms with E-state index < -0.39 is 5.60 Å². The molecule has 0 aromatic rings. The van der Waals surface area contributed by atoms with Crippen LogP contribution in [0, 0.1) is 5.92 Å². The Balaban J connectivity index is 1.95. The molecule has 80 valence electrons. The first-order valence-corrected chi connectivity index (χ1v) is 5.68. The van der Waals surface area contributed by atoms with E-state index in [1.54, 1.807) is 0 Å². The number of hydrogen-bond acceptors (Lipinski definition) is 2. The first-order chi connectivity index (χ1) is 6.58. The highest BCUT2D eigenvalue weighted by molar-refractivity contribution is 5.13. The summed E-state index contributed by atoms with van der Waals surface area (Å²) < 4.78 is 0. The molecule has 0 saturated heterocycles. The predicted molar refractivity (Wildman–Crippen MR) is 55.9 cm³/mol. The molecule has 0 aromatic carbocycles. The molecule has 0 amide bonds. The van der Waals surface area contributed by atoms with Gasteiger partial charge in [0.15, 0.2) is 0 Å². The van der Waals surface area contributed by atoms with E-state index in [4.69, 9.17) is 0 Å². The van der Waals surface area contributed by atoms with Gasteiger partial charge in [0.05, 0.1) is 11.7 Å². The average Bonchev–Trinajstić information content (AvgIpc) is 2.84. The number of hydrogen-bond donors (Lipinski definition) is 2. The summed E-state index contributed by atoms with van der Waals surface area (Å²) in [5.41, 5.74) is 0.726. The van der Waals surface area contributed by atoms with Crippen LogP contribution in [0.1, 0.15) is 45.4 Å². The van der Waals surface area contributed by atoms with E-state index in [1.165, 1.54) is 18.4 Å². The van der Waals surface area contributed by atoms with Gasteiger partial charge in [-0.2, -0.15) is 0 Å². The molecule has 0 radical (unpaired) electrons. The molecule has 14 heavy (non-hydrogen) atoms. The Bertz CT molecular complexity index is 239. The van der Waals surface area contributed by atoms with Gasteiger partial charge in [-0.25, -0.2) is 0 Å². The highest BCUT2D eigenvalue weighted by atomic mass is 16.3. The summed E-state index contributed by atoms with van der Waals surface area (Å²) in [7, 11) is 0. The number of aliphatic hydroxyl groups excluding tert-OH is 1. The molecule has 2 N–H and O–H groups in total. The van der Waals surface area contributed by atoms with Crippen LogP contribution in [0.4, 0.5) is 0 Å².